The van der Waals surface area contributed by atoms with Gasteiger partial charge in [0.2, 0.25) is 5.91 Å². The highest BCUT2D eigenvalue weighted by Crippen LogP contribution is 2.43. The Kier molecular flexibility index (Phi) is 4.25. The molecule has 0 saturated carbocycles. The minimum Gasteiger partial charge on any atom is -0.312 e. The van der Waals surface area contributed by atoms with Gasteiger partial charge in [-0.05, 0) is 50.6 Å². The number of fused-ring (bicyclic) bond motifs is 1. The molecule has 1 aromatic carbocycles. The summed E-state index contributed by atoms with van der Waals surface area (Å²) < 4.78 is 2.13. The number of likely N-dealkylation sites (tertiary alicyclic amines) is 1. The van der Waals surface area contributed by atoms with Crippen LogP contribution in [0.2, 0.25) is 0 Å². The van der Waals surface area contributed by atoms with Crippen molar-refractivity contribution in [1.29, 1.82) is 0 Å². The second-order valence-electron chi connectivity index (χ2n) is 8.13. The van der Waals surface area contributed by atoms with E-state index in [4.69, 9.17) is 5.10 Å². The van der Waals surface area contributed by atoms with Gasteiger partial charge in [0.15, 0.2) is 0 Å². The molecule has 2 saturated heterocycles. The molecule has 142 valence electrons. The number of carbonyl (C=O) groups excluding carboxylic acids is 1. The normalized spacial score (nSPS) is 22.4. The fourth-order valence-corrected chi connectivity index (χ4v) is 4.84. The van der Waals surface area contributed by atoms with Crippen LogP contribution in [0.4, 0.5) is 5.69 Å². The molecule has 2 fully saturated rings. The Balaban J connectivity index is 1.22. The number of aromatic nitrogens is 2. The third-order valence-electron chi connectivity index (χ3n) is 6.50. The Hall–Kier alpha value is -2.18. The summed E-state index contributed by atoms with van der Waals surface area (Å²) in [6.45, 7) is 6.59. The summed E-state index contributed by atoms with van der Waals surface area (Å²) in [7, 11) is 0. The molecule has 0 bridgehead atoms. The van der Waals surface area contributed by atoms with Gasteiger partial charge in [-0.1, -0.05) is 18.2 Å². The number of rotatable bonds is 3. The number of para-hydroxylation sites is 1. The number of carbonyl (C=O) groups is 1. The van der Waals surface area contributed by atoms with Gasteiger partial charge in [-0.25, -0.2) is 0 Å². The predicted molar refractivity (Wildman–Crippen MR) is 104 cm³/mol. The summed E-state index contributed by atoms with van der Waals surface area (Å²) in [4.78, 5) is 17.6. The minimum atomic E-state index is -0.149. The zero-order chi connectivity index (χ0) is 18.3. The maximum atomic E-state index is 13.2. The van der Waals surface area contributed by atoms with Crippen molar-refractivity contribution in [2.24, 2.45) is 5.41 Å². The summed E-state index contributed by atoms with van der Waals surface area (Å²) in [6, 6.07) is 12.3. The summed E-state index contributed by atoms with van der Waals surface area (Å²) in [5.41, 5.74) is 3.34. The van der Waals surface area contributed by atoms with E-state index in [9.17, 15) is 4.79 Å². The van der Waals surface area contributed by atoms with E-state index in [1.54, 1.807) is 0 Å². The lowest BCUT2D eigenvalue weighted by atomic mass is 9.77. The molecule has 3 aliphatic heterocycles. The van der Waals surface area contributed by atoms with Gasteiger partial charge in [-0.2, -0.15) is 5.10 Å². The molecule has 1 aromatic heterocycles. The molecule has 1 N–H and O–H groups in total. The Bertz CT molecular complexity index is 799. The molecule has 27 heavy (non-hydrogen) atoms. The molecule has 2 aromatic rings. The van der Waals surface area contributed by atoms with Crippen LogP contribution >= 0.6 is 0 Å². The molecule has 6 nitrogen and oxygen atoms in total. The van der Waals surface area contributed by atoms with Crippen molar-refractivity contribution in [2.45, 2.75) is 38.9 Å². The fraction of sp³-hybridized carbons (Fsp3) is 0.524. The molecule has 0 atom stereocenters. The lowest BCUT2D eigenvalue weighted by Crippen LogP contribution is -2.44. The molecule has 0 unspecified atom stereocenters. The van der Waals surface area contributed by atoms with Crippen molar-refractivity contribution in [3.8, 4) is 0 Å². The summed E-state index contributed by atoms with van der Waals surface area (Å²) in [6.07, 6.45) is 2.91. The van der Waals surface area contributed by atoms with Gasteiger partial charge in [0, 0.05) is 31.9 Å². The van der Waals surface area contributed by atoms with Crippen LogP contribution in [0.5, 0.6) is 0 Å². The van der Waals surface area contributed by atoms with Gasteiger partial charge in [-0.3, -0.25) is 14.4 Å². The molecule has 1 spiro atoms. The molecule has 3 aliphatic rings. The third kappa shape index (κ3) is 3.07. The van der Waals surface area contributed by atoms with Crippen LogP contribution in [0.3, 0.4) is 0 Å². The van der Waals surface area contributed by atoms with Crippen LogP contribution in [0, 0.1) is 5.41 Å². The van der Waals surface area contributed by atoms with Crippen LogP contribution in [-0.2, 0) is 24.4 Å². The monoisotopic (exact) mass is 365 g/mol. The Morgan fingerprint density at radius 1 is 1.04 bits per heavy atom. The van der Waals surface area contributed by atoms with E-state index in [0.717, 1.165) is 76.5 Å². The van der Waals surface area contributed by atoms with Crippen molar-refractivity contribution in [3.05, 3.63) is 47.8 Å². The second-order valence-corrected chi connectivity index (χ2v) is 8.13. The van der Waals surface area contributed by atoms with E-state index in [1.807, 2.05) is 35.2 Å². The Morgan fingerprint density at radius 2 is 1.81 bits per heavy atom. The van der Waals surface area contributed by atoms with Crippen molar-refractivity contribution >= 4 is 11.6 Å². The van der Waals surface area contributed by atoms with Crippen molar-refractivity contribution in [3.63, 3.8) is 0 Å². The first-order valence-electron chi connectivity index (χ1n) is 10.1. The van der Waals surface area contributed by atoms with Crippen LogP contribution in [0.15, 0.2) is 36.4 Å². The SMILES string of the molecule is O=C1N(c2ccccc2)CCC12CCN(Cc1cc3n(n1)CCNC3)CC2. The molecule has 0 aliphatic carbocycles. The lowest BCUT2D eigenvalue weighted by molar-refractivity contribution is -0.128. The highest BCUT2D eigenvalue weighted by atomic mass is 16.2. The van der Waals surface area contributed by atoms with E-state index in [0.29, 0.717) is 5.91 Å². The average molecular weight is 365 g/mol. The zero-order valence-corrected chi connectivity index (χ0v) is 15.7. The second kappa shape index (κ2) is 6.77. The molecule has 0 radical (unpaired) electrons. The minimum absolute atomic E-state index is 0.149. The first kappa shape index (κ1) is 17.0. The largest absolute Gasteiger partial charge is 0.312 e. The standard InChI is InChI=1S/C21H27N5O/c27-20-21(8-12-25(20)18-4-2-1-3-5-18)6-10-24(11-7-21)16-17-14-19-15-22-9-13-26(19)23-17/h1-5,14,22H,6-13,15-16H2. The summed E-state index contributed by atoms with van der Waals surface area (Å²) in [5.74, 6) is 0.330. The lowest BCUT2D eigenvalue weighted by Gasteiger charge is -2.37. The highest BCUT2D eigenvalue weighted by molar-refractivity contribution is 5.99. The van der Waals surface area contributed by atoms with E-state index < -0.39 is 0 Å². The van der Waals surface area contributed by atoms with E-state index in [1.165, 1.54) is 5.69 Å². The number of benzene rings is 1. The smallest absolute Gasteiger partial charge is 0.233 e. The zero-order valence-electron chi connectivity index (χ0n) is 15.7. The van der Waals surface area contributed by atoms with E-state index in [2.05, 4.69) is 21.0 Å². The number of nitrogens with one attached hydrogen (secondary N) is 1. The van der Waals surface area contributed by atoms with E-state index >= 15 is 0 Å². The maximum Gasteiger partial charge on any atom is 0.233 e. The average Bonchev–Trinajstić information content (AvgIpc) is 3.26. The molecule has 4 heterocycles. The highest BCUT2D eigenvalue weighted by Gasteiger charge is 2.48. The summed E-state index contributed by atoms with van der Waals surface area (Å²) >= 11 is 0. The maximum absolute atomic E-state index is 13.2. The number of nitrogens with zero attached hydrogens (tertiary/aromatic N) is 4. The number of hydrogen-bond acceptors (Lipinski definition) is 4. The van der Waals surface area contributed by atoms with Gasteiger partial charge >= 0.3 is 0 Å². The number of piperidine rings is 1. The fourth-order valence-electron chi connectivity index (χ4n) is 4.84. The van der Waals surface area contributed by atoms with Gasteiger partial charge in [0.25, 0.3) is 0 Å². The third-order valence-corrected chi connectivity index (χ3v) is 6.50. The molecular weight excluding hydrogens is 338 g/mol. The number of amides is 1. The first-order valence-corrected chi connectivity index (χ1v) is 10.1. The quantitative estimate of drug-likeness (QED) is 0.904. The molecular formula is C21H27N5O. The predicted octanol–water partition coefficient (Wildman–Crippen LogP) is 2.01. The number of hydrogen-bond donors (Lipinski definition) is 1. The van der Waals surface area contributed by atoms with Crippen LogP contribution < -0.4 is 10.2 Å². The van der Waals surface area contributed by atoms with Crippen molar-refractivity contribution < 1.29 is 4.79 Å². The molecule has 6 heteroatoms. The Morgan fingerprint density at radius 3 is 2.59 bits per heavy atom. The van der Waals surface area contributed by atoms with Crippen LogP contribution in [-0.4, -0.2) is 46.8 Å². The van der Waals surface area contributed by atoms with Gasteiger partial charge in [-0.15, -0.1) is 0 Å². The molecule has 1 amide bonds. The van der Waals surface area contributed by atoms with Gasteiger partial charge < -0.3 is 10.2 Å². The van der Waals surface area contributed by atoms with Gasteiger partial charge in [0.05, 0.1) is 23.3 Å². The van der Waals surface area contributed by atoms with Gasteiger partial charge in [0.1, 0.15) is 0 Å². The summed E-state index contributed by atoms with van der Waals surface area (Å²) in [5, 5.41) is 8.16. The van der Waals surface area contributed by atoms with E-state index in [-0.39, 0.29) is 5.41 Å². The molecule has 5 rings (SSSR count). The van der Waals surface area contributed by atoms with Crippen molar-refractivity contribution in [1.82, 2.24) is 20.0 Å². The topological polar surface area (TPSA) is 53.4 Å². The van der Waals surface area contributed by atoms with Crippen LogP contribution in [0.25, 0.3) is 0 Å². The first-order chi connectivity index (χ1) is 13.2. The van der Waals surface area contributed by atoms with Crippen molar-refractivity contribution in [2.75, 3.05) is 31.1 Å². The Labute approximate surface area is 160 Å². The van der Waals surface area contributed by atoms with Crippen LogP contribution in [0.1, 0.15) is 30.7 Å². The number of anilines is 1.